The molecule has 2 rings (SSSR count). The Hall–Kier alpha value is -0.930. The van der Waals surface area contributed by atoms with Crippen LogP contribution in [-0.4, -0.2) is 18.6 Å². The highest BCUT2D eigenvalue weighted by atomic mass is 32.1. The molecule has 1 heterocycles. The minimum Gasteiger partial charge on any atom is -0.396 e. The Morgan fingerprint density at radius 3 is 2.67 bits per heavy atom. The van der Waals surface area contributed by atoms with Gasteiger partial charge in [-0.1, -0.05) is 36.5 Å². The Balaban J connectivity index is 0.000000337. The van der Waals surface area contributed by atoms with Crippen LogP contribution in [0.4, 0.5) is 0 Å². The molecule has 1 aromatic carbocycles. The Labute approximate surface area is 96.9 Å². The van der Waals surface area contributed by atoms with Crippen LogP contribution in [0.5, 0.6) is 0 Å². The predicted molar refractivity (Wildman–Crippen MR) is 69.2 cm³/mol. The highest BCUT2D eigenvalue weighted by Crippen LogP contribution is 2.24. The summed E-state index contributed by atoms with van der Waals surface area (Å²) in [5.41, 5.74) is 8.59. The molecule has 0 amide bonds. The molecule has 82 valence electrons. The summed E-state index contributed by atoms with van der Waals surface area (Å²) in [7, 11) is 0. The summed E-state index contributed by atoms with van der Waals surface area (Å²) >= 11 is 4.05. The fourth-order valence-corrected chi connectivity index (χ4v) is 1.96. The van der Waals surface area contributed by atoms with E-state index < -0.39 is 0 Å². The van der Waals surface area contributed by atoms with Gasteiger partial charge in [0.05, 0.1) is 5.49 Å². The summed E-state index contributed by atoms with van der Waals surface area (Å²) in [6.45, 7) is 4.54. The van der Waals surface area contributed by atoms with Crippen LogP contribution in [0, 0.1) is 6.92 Å². The van der Waals surface area contributed by atoms with E-state index in [-0.39, 0.29) is 0 Å². The molecule has 1 aliphatic rings. The number of rotatable bonds is 1. The van der Waals surface area contributed by atoms with E-state index in [2.05, 4.69) is 54.5 Å². The second kappa shape index (κ2) is 6.53. The minimum atomic E-state index is 0.756. The molecule has 1 aliphatic heterocycles. The van der Waals surface area contributed by atoms with E-state index >= 15 is 0 Å². The Kier molecular flexibility index (Phi) is 5.29. The highest BCUT2D eigenvalue weighted by Gasteiger charge is 2.17. The van der Waals surface area contributed by atoms with E-state index in [1.807, 2.05) is 0 Å². The summed E-state index contributed by atoms with van der Waals surface area (Å²) < 4.78 is 0. The second-order valence-corrected chi connectivity index (χ2v) is 3.95. The molecular weight excluding hydrogens is 204 g/mol. The monoisotopic (exact) mass is 222 g/mol. The van der Waals surface area contributed by atoms with Crippen LogP contribution in [0.25, 0.3) is 0 Å². The van der Waals surface area contributed by atoms with Crippen LogP contribution < -0.4 is 11.1 Å². The van der Waals surface area contributed by atoms with Crippen LogP contribution in [0.15, 0.2) is 24.3 Å². The molecule has 3 N–H and O–H groups in total. The van der Waals surface area contributed by atoms with Crippen molar-refractivity contribution in [2.45, 2.75) is 19.3 Å². The number of benzene rings is 1. The van der Waals surface area contributed by atoms with Gasteiger partial charge in [-0.2, -0.15) is 0 Å². The van der Waals surface area contributed by atoms with Crippen molar-refractivity contribution in [3.05, 3.63) is 35.4 Å². The summed E-state index contributed by atoms with van der Waals surface area (Å²) in [5.74, 6) is 0.756. The van der Waals surface area contributed by atoms with Crippen molar-refractivity contribution < 1.29 is 0 Å². The van der Waals surface area contributed by atoms with Crippen LogP contribution in [0.1, 0.15) is 23.5 Å². The fraction of sp³-hybridized carbons (Fsp3) is 0.417. The molecule has 0 spiro atoms. The zero-order chi connectivity index (χ0) is 11.1. The van der Waals surface area contributed by atoms with Crippen molar-refractivity contribution in [3.8, 4) is 0 Å². The first kappa shape index (κ1) is 12.1. The van der Waals surface area contributed by atoms with Gasteiger partial charge in [0.1, 0.15) is 0 Å². The lowest BCUT2D eigenvalue weighted by Crippen LogP contribution is -2.08. The SMILES string of the molecule is Cc1ccccc1C1CCNC1.NC=S. The Morgan fingerprint density at radius 2 is 2.13 bits per heavy atom. The number of nitrogens with two attached hydrogens (primary N) is 1. The van der Waals surface area contributed by atoms with Crippen molar-refractivity contribution in [1.29, 1.82) is 0 Å². The first-order valence-electron chi connectivity index (χ1n) is 5.21. The maximum absolute atomic E-state index is 4.54. The van der Waals surface area contributed by atoms with E-state index in [0.717, 1.165) is 18.0 Å². The maximum atomic E-state index is 4.54. The van der Waals surface area contributed by atoms with Crippen LogP contribution in [0.2, 0.25) is 0 Å². The quantitative estimate of drug-likeness (QED) is 0.714. The van der Waals surface area contributed by atoms with Gasteiger partial charge < -0.3 is 11.1 Å². The predicted octanol–water partition coefficient (Wildman–Crippen LogP) is 1.97. The molecule has 0 bridgehead atoms. The Morgan fingerprint density at radius 1 is 1.47 bits per heavy atom. The number of aryl methyl sites for hydroxylation is 1. The zero-order valence-corrected chi connectivity index (χ0v) is 9.89. The summed E-state index contributed by atoms with van der Waals surface area (Å²) in [4.78, 5) is 0. The Bertz CT molecular complexity index is 306. The third kappa shape index (κ3) is 3.61. The highest BCUT2D eigenvalue weighted by molar-refractivity contribution is 7.78. The molecule has 0 saturated carbocycles. The normalized spacial score (nSPS) is 19.1. The van der Waals surface area contributed by atoms with Crippen molar-refractivity contribution in [2.75, 3.05) is 13.1 Å². The number of hydrogen-bond donors (Lipinski definition) is 2. The van der Waals surface area contributed by atoms with Gasteiger partial charge in [-0.3, -0.25) is 0 Å². The summed E-state index contributed by atoms with van der Waals surface area (Å²) in [6, 6.07) is 8.71. The van der Waals surface area contributed by atoms with Crippen LogP contribution in [0.3, 0.4) is 0 Å². The van der Waals surface area contributed by atoms with E-state index in [0.29, 0.717) is 0 Å². The molecule has 1 saturated heterocycles. The number of nitrogens with one attached hydrogen (secondary N) is 1. The lowest BCUT2D eigenvalue weighted by atomic mass is 9.94. The molecule has 1 atom stereocenters. The first-order valence-corrected chi connectivity index (χ1v) is 5.68. The standard InChI is InChI=1S/C11H15N.CH3NS/c1-9-4-2-3-5-11(9)10-6-7-12-8-10;2-1-3/h2-5,10,12H,6-8H2,1H3;1H,(H2,2,3). The van der Waals surface area contributed by atoms with Gasteiger partial charge in [0.25, 0.3) is 0 Å². The number of hydrogen-bond acceptors (Lipinski definition) is 2. The van der Waals surface area contributed by atoms with Gasteiger partial charge in [0.2, 0.25) is 0 Å². The fourth-order valence-electron chi connectivity index (χ4n) is 1.96. The molecule has 1 aromatic rings. The topological polar surface area (TPSA) is 38.0 Å². The minimum absolute atomic E-state index is 0.756. The van der Waals surface area contributed by atoms with E-state index in [4.69, 9.17) is 0 Å². The second-order valence-electron chi connectivity index (χ2n) is 3.68. The third-order valence-electron chi connectivity index (χ3n) is 2.69. The van der Waals surface area contributed by atoms with Gasteiger partial charge in [0, 0.05) is 6.54 Å². The molecule has 1 fully saturated rings. The molecule has 15 heavy (non-hydrogen) atoms. The lowest BCUT2D eigenvalue weighted by Gasteiger charge is -2.11. The smallest absolute Gasteiger partial charge is 0.0588 e. The lowest BCUT2D eigenvalue weighted by molar-refractivity contribution is 0.757. The van der Waals surface area contributed by atoms with Gasteiger partial charge in [-0.15, -0.1) is 0 Å². The van der Waals surface area contributed by atoms with Crippen LogP contribution in [-0.2, 0) is 0 Å². The van der Waals surface area contributed by atoms with E-state index in [1.54, 1.807) is 0 Å². The van der Waals surface area contributed by atoms with Crippen molar-refractivity contribution in [3.63, 3.8) is 0 Å². The molecule has 0 aliphatic carbocycles. The molecule has 0 aromatic heterocycles. The van der Waals surface area contributed by atoms with Crippen molar-refractivity contribution >= 4 is 17.7 Å². The maximum Gasteiger partial charge on any atom is 0.0588 e. The van der Waals surface area contributed by atoms with Gasteiger partial charge in [0.15, 0.2) is 0 Å². The van der Waals surface area contributed by atoms with Crippen LogP contribution >= 0.6 is 12.2 Å². The van der Waals surface area contributed by atoms with E-state index in [9.17, 15) is 0 Å². The largest absolute Gasteiger partial charge is 0.396 e. The third-order valence-corrected chi connectivity index (χ3v) is 2.69. The van der Waals surface area contributed by atoms with E-state index in [1.165, 1.54) is 24.1 Å². The molecule has 3 heteroatoms. The molecule has 2 nitrogen and oxygen atoms in total. The zero-order valence-electron chi connectivity index (χ0n) is 9.07. The summed E-state index contributed by atoms with van der Waals surface area (Å²) in [5, 5.41) is 3.40. The van der Waals surface area contributed by atoms with Gasteiger partial charge in [-0.05, 0) is 36.9 Å². The van der Waals surface area contributed by atoms with Gasteiger partial charge in [-0.25, -0.2) is 0 Å². The average molecular weight is 222 g/mol. The molecule has 0 radical (unpaired) electrons. The molecular formula is C12H18N2S. The van der Waals surface area contributed by atoms with Crippen molar-refractivity contribution in [2.24, 2.45) is 5.73 Å². The van der Waals surface area contributed by atoms with Crippen molar-refractivity contribution in [1.82, 2.24) is 5.32 Å². The summed E-state index contributed by atoms with van der Waals surface area (Å²) in [6.07, 6.45) is 1.30. The van der Waals surface area contributed by atoms with Gasteiger partial charge >= 0.3 is 0 Å². The molecule has 1 unspecified atom stereocenters. The average Bonchev–Trinajstić information content (AvgIpc) is 2.72. The first-order chi connectivity index (χ1) is 7.29. The number of thiocarbonyl (C=S) groups is 1.